The fourth-order valence-electron chi connectivity index (χ4n) is 2.51. The SMILES string of the molecule is O=C(O)C1=CC2CC(Cl)CC(Cl)C2O[C@@H]1C(F)(F)F. The summed E-state index contributed by atoms with van der Waals surface area (Å²) in [5.41, 5.74) is -0.789. The lowest BCUT2D eigenvalue weighted by molar-refractivity contribution is -0.231. The maximum Gasteiger partial charge on any atom is 0.419 e. The number of halogens is 5. The average molecular weight is 319 g/mol. The van der Waals surface area contributed by atoms with Crippen molar-refractivity contribution < 1.29 is 27.8 Å². The number of rotatable bonds is 1. The van der Waals surface area contributed by atoms with E-state index in [-0.39, 0.29) is 5.38 Å². The third-order valence-corrected chi connectivity index (χ3v) is 4.08. The molecule has 0 aromatic carbocycles. The Morgan fingerprint density at radius 1 is 1.37 bits per heavy atom. The summed E-state index contributed by atoms with van der Waals surface area (Å²) >= 11 is 11.9. The van der Waals surface area contributed by atoms with Gasteiger partial charge in [0.25, 0.3) is 0 Å². The van der Waals surface area contributed by atoms with Gasteiger partial charge in [0, 0.05) is 11.3 Å². The second-order valence-electron chi connectivity index (χ2n) is 4.70. The lowest BCUT2D eigenvalue weighted by Gasteiger charge is -2.41. The van der Waals surface area contributed by atoms with Gasteiger partial charge in [0.2, 0.25) is 0 Å². The predicted molar refractivity (Wildman–Crippen MR) is 62.4 cm³/mol. The summed E-state index contributed by atoms with van der Waals surface area (Å²) in [6.07, 6.45) is -6.27. The molecule has 0 bridgehead atoms. The van der Waals surface area contributed by atoms with Gasteiger partial charge in [-0.2, -0.15) is 13.2 Å². The molecule has 1 aliphatic heterocycles. The Hall–Kier alpha value is -0.460. The highest BCUT2D eigenvalue weighted by Gasteiger charge is 2.52. The Balaban J connectivity index is 2.34. The van der Waals surface area contributed by atoms with Crippen LogP contribution in [0.2, 0.25) is 0 Å². The zero-order chi connectivity index (χ0) is 14.4. The summed E-state index contributed by atoms with van der Waals surface area (Å²) in [4.78, 5) is 10.9. The second kappa shape index (κ2) is 5.14. The standard InChI is InChI=1S/C11H11Cl2F3O3/c12-5-1-4-2-6(10(17)18)9(11(14,15)16)19-8(4)7(13)3-5/h2,4-5,7-9H,1,3H2,(H,17,18)/t4?,5?,7?,8?,9-/m0/s1. The molecule has 0 radical (unpaired) electrons. The second-order valence-corrected chi connectivity index (χ2v) is 5.88. The summed E-state index contributed by atoms with van der Waals surface area (Å²) < 4.78 is 43.4. The summed E-state index contributed by atoms with van der Waals surface area (Å²) in [5, 5.41) is 7.93. The van der Waals surface area contributed by atoms with Crippen LogP contribution in [-0.2, 0) is 9.53 Å². The molecule has 1 saturated carbocycles. The van der Waals surface area contributed by atoms with Crippen molar-refractivity contribution in [3.63, 3.8) is 0 Å². The highest BCUT2D eigenvalue weighted by Crippen LogP contribution is 2.42. The van der Waals surface area contributed by atoms with Crippen LogP contribution in [0.1, 0.15) is 12.8 Å². The molecule has 0 saturated heterocycles. The van der Waals surface area contributed by atoms with Crippen LogP contribution in [0, 0.1) is 5.92 Å². The van der Waals surface area contributed by atoms with Crippen molar-refractivity contribution in [2.45, 2.75) is 42.0 Å². The van der Waals surface area contributed by atoms with Gasteiger partial charge in [-0.1, -0.05) is 6.08 Å². The quantitative estimate of drug-likeness (QED) is 0.756. The van der Waals surface area contributed by atoms with Crippen molar-refractivity contribution in [2.75, 3.05) is 0 Å². The Kier molecular flexibility index (Phi) is 4.05. The van der Waals surface area contributed by atoms with Crippen LogP contribution in [0.4, 0.5) is 13.2 Å². The maximum absolute atomic E-state index is 12.8. The first kappa shape index (κ1) is 14.9. The molecular weight excluding hydrogens is 308 g/mol. The molecule has 0 spiro atoms. The molecule has 108 valence electrons. The van der Waals surface area contributed by atoms with E-state index in [1.54, 1.807) is 0 Å². The van der Waals surface area contributed by atoms with Gasteiger partial charge in [-0.25, -0.2) is 4.79 Å². The molecule has 8 heteroatoms. The smallest absolute Gasteiger partial charge is 0.419 e. The van der Waals surface area contributed by atoms with E-state index in [0.29, 0.717) is 12.8 Å². The Labute approximate surface area is 117 Å². The Morgan fingerprint density at radius 2 is 2.00 bits per heavy atom. The van der Waals surface area contributed by atoms with E-state index in [1.807, 2.05) is 0 Å². The molecule has 0 aromatic rings. The lowest BCUT2D eigenvalue weighted by Crippen LogP contribution is -2.50. The van der Waals surface area contributed by atoms with Crippen molar-refractivity contribution in [3.8, 4) is 0 Å². The molecule has 2 rings (SSSR count). The average Bonchev–Trinajstić information content (AvgIpc) is 2.25. The van der Waals surface area contributed by atoms with Crippen molar-refractivity contribution in [1.82, 2.24) is 0 Å². The largest absolute Gasteiger partial charge is 0.478 e. The van der Waals surface area contributed by atoms with E-state index in [9.17, 15) is 18.0 Å². The monoisotopic (exact) mass is 318 g/mol. The number of aliphatic carboxylic acids is 1. The predicted octanol–water partition coefficient (Wildman–Crippen LogP) is 2.95. The number of carboxylic acid groups (broad SMARTS) is 1. The zero-order valence-electron chi connectivity index (χ0n) is 9.53. The van der Waals surface area contributed by atoms with Crippen molar-refractivity contribution in [3.05, 3.63) is 11.6 Å². The van der Waals surface area contributed by atoms with E-state index < -0.39 is 41.2 Å². The Bertz CT molecular complexity index is 410. The minimum atomic E-state index is -4.77. The normalized spacial score (nSPS) is 39.4. The summed E-state index contributed by atoms with van der Waals surface area (Å²) in [6, 6.07) is 0. The van der Waals surface area contributed by atoms with E-state index in [0.717, 1.165) is 6.08 Å². The number of hydrogen-bond donors (Lipinski definition) is 1. The van der Waals surface area contributed by atoms with Crippen LogP contribution in [0.15, 0.2) is 11.6 Å². The van der Waals surface area contributed by atoms with Crippen molar-refractivity contribution in [1.29, 1.82) is 0 Å². The molecule has 1 N–H and O–H groups in total. The number of ether oxygens (including phenoxy) is 1. The molecular formula is C11H11Cl2F3O3. The van der Waals surface area contributed by atoms with E-state index in [4.69, 9.17) is 33.0 Å². The van der Waals surface area contributed by atoms with Crippen LogP contribution >= 0.6 is 23.2 Å². The van der Waals surface area contributed by atoms with Gasteiger partial charge in [0.15, 0.2) is 6.10 Å². The fourth-order valence-corrected chi connectivity index (χ4v) is 3.46. The zero-order valence-corrected chi connectivity index (χ0v) is 11.0. The first-order valence-corrected chi connectivity index (χ1v) is 6.52. The van der Waals surface area contributed by atoms with Gasteiger partial charge in [0.05, 0.1) is 17.1 Å². The maximum atomic E-state index is 12.8. The number of carbonyl (C=O) groups is 1. The molecule has 19 heavy (non-hydrogen) atoms. The molecule has 2 aliphatic rings. The van der Waals surface area contributed by atoms with Gasteiger partial charge < -0.3 is 9.84 Å². The van der Waals surface area contributed by atoms with Crippen molar-refractivity contribution in [2.24, 2.45) is 5.92 Å². The van der Waals surface area contributed by atoms with Crippen molar-refractivity contribution >= 4 is 29.2 Å². The highest BCUT2D eigenvalue weighted by molar-refractivity contribution is 6.24. The molecule has 4 unspecified atom stereocenters. The highest BCUT2D eigenvalue weighted by atomic mass is 35.5. The molecule has 0 aromatic heterocycles. The van der Waals surface area contributed by atoms with Gasteiger partial charge in [-0.15, -0.1) is 23.2 Å². The molecule has 1 fully saturated rings. The van der Waals surface area contributed by atoms with Crippen LogP contribution in [0.3, 0.4) is 0 Å². The van der Waals surface area contributed by atoms with Crippen LogP contribution in [-0.4, -0.2) is 40.2 Å². The Morgan fingerprint density at radius 3 is 2.53 bits per heavy atom. The van der Waals surface area contributed by atoms with Crippen LogP contribution in [0.25, 0.3) is 0 Å². The minimum absolute atomic E-state index is 0.291. The third-order valence-electron chi connectivity index (χ3n) is 3.30. The summed E-state index contributed by atoms with van der Waals surface area (Å²) in [7, 11) is 0. The van der Waals surface area contributed by atoms with E-state index in [2.05, 4.69) is 0 Å². The minimum Gasteiger partial charge on any atom is -0.478 e. The summed E-state index contributed by atoms with van der Waals surface area (Å²) in [5.74, 6) is -2.13. The van der Waals surface area contributed by atoms with E-state index in [1.165, 1.54) is 0 Å². The topological polar surface area (TPSA) is 46.5 Å². The van der Waals surface area contributed by atoms with Crippen LogP contribution < -0.4 is 0 Å². The lowest BCUT2D eigenvalue weighted by atomic mass is 9.81. The first-order valence-electron chi connectivity index (χ1n) is 5.65. The molecule has 3 nitrogen and oxygen atoms in total. The number of alkyl halides is 5. The molecule has 1 aliphatic carbocycles. The van der Waals surface area contributed by atoms with Gasteiger partial charge in [-0.3, -0.25) is 0 Å². The first-order chi connectivity index (χ1) is 8.70. The molecule has 1 heterocycles. The number of carboxylic acids is 1. The summed E-state index contributed by atoms with van der Waals surface area (Å²) in [6.45, 7) is 0. The number of fused-ring (bicyclic) bond motifs is 1. The van der Waals surface area contributed by atoms with E-state index >= 15 is 0 Å². The van der Waals surface area contributed by atoms with Gasteiger partial charge in [0.1, 0.15) is 0 Å². The molecule has 5 atom stereocenters. The number of hydrogen-bond acceptors (Lipinski definition) is 2. The van der Waals surface area contributed by atoms with Crippen LogP contribution in [0.5, 0.6) is 0 Å². The molecule has 0 amide bonds. The van der Waals surface area contributed by atoms with Gasteiger partial charge >= 0.3 is 12.1 Å². The third kappa shape index (κ3) is 3.01. The van der Waals surface area contributed by atoms with Gasteiger partial charge in [-0.05, 0) is 12.8 Å². The fraction of sp³-hybridized carbons (Fsp3) is 0.727.